The standard InChI is InChI=1S/C20H25NO4/c1-24-15-18(22)13-16-7-9-19(10-8-16)25-12-11-21-14-20(23)17-5-3-2-4-6-17/h2-10,20-21,23H,11-15H2,1H3. The van der Waals surface area contributed by atoms with E-state index >= 15 is 0 Å². The molecule has 0 heterocycles. The molecule has 25 heavy (non-hydrogen) atoms. The number of methoxy groups -OCH3 is 1. The van der Waals surface area contributed by atoms with Crippen LogP contribution in [-0.2, 0) is 16.0 Å². The second kappa shape index (κ2) is 10.6. The van der Waals surface area contributed by atoms with E-state index in [2.05, 4.69) is 5.32 Å². The molecule has 0 spiro atoms. The van der Waals surface area contributed by atoms with E-state index < -0.39 is 6.10 Å². The van der Waals surface area contributed by atoms with Crippen LogP contribution >= 0.6 is 0 Å². The number of nitrogens with one attached hydrogen (secondary N) is 1. The monoisotopic (exact) mass is 343 g/mol. The van der Waals surface area contributed by atoms with Gasteiger partial charge in [-0.25, -0.2) is 0 Å². The predicted octanol–water partition coefficient (Wildman–Crippen LogP) is 2.15. The molecule has 0 amide bonds. The molecule has 0 aliphatic rings. The number of hydrogen-bond acceptors (Lipinski definition) is 5. The van der Waals surface area contributed by atoms with Crippen molar-refractivity contribution in [2.75, 3.05) is 33.4 Å². The Morgan fingerprint density at radius 3 is 2.52 bits per heavy atom. The van der Waals surface area contributed by atoms with E-state index in [0.29, 0.717) is 26.1 Å². The fourth-order valence-electron chi connectivity index (χ4n) is 2.42. The zero-order valence-electron chi connectivity index (χ0n) is 14.5. The van der Waals surface area contributed by atoms with Crippen molar-refractivity contribution in [2.24, 2.45) is 0 Å². The molecule has 2 aromatic rings. The lowest BCUT2D eigenvalue weighted by atomic mass is 10.1. The summed E-state index contributed by atoms with van der Waals surface area (Å²) in [5.41, 5.74) is 1.84. The summed E-state index contributed by atoms with van der Waals surface area (Å²) in [7, 11) is 1.52. The molecule has 0 bridgehead atoms. The van der Waals surface area contributed by atoms with E-state index in [1.807, 2.05) is 54.6 Å². The van der Waals surface area contributed by atoms with Crippen molar-refractivity contribution in [2.45, 2.75) is 12.5 Å². The van der Waals surface area contributed by atoms with Crippen LogP contribution < -0.4 is 10.1 Å². The number of benzene rings is 2. The summed E-state index contributed by atoms with van der Waals surface area (Å²) in [5.74, 6) is 0.811. The highest BCUT2D eigenvalue weighted by Crippen LogP contribution is 2.13. The van der Waals surface area contributed by atoms with E-state index in [1.54, 1.807) is 0 Å². The van der Waals surface area contributed by atoms with Crippen LogP contribution in [0.5, 0.6) is 5.75 Å². The summed E-state index contributed by atoms with van der Waals surface area (Å²) in [6.07, 6.45) is -0.155. The van der Waals surface area contributed by atoms with Gasteiger partial charge in [-0.3, -0.25) is 4.79 Å². The Kier molecular flexibility index (Phi) is 8.12. The molecule has 0 aromatic heterocycles. The highest BCUT2D eigenvalue weighted by molar-refractivity contribution is 5.82. The molecule has 0 fully saturated rings. The van der Waals surface area contributed by atoms with Gasteiger partial charge >= 0.3 is 0 Å². The van der Waals surface area contributed by atoms with Gasteiger partial charge in [0.05, 0.1) is 6.10 Å². The van der Waals surface area contributed by atoms with Crippen molar-refractivity contribution in [1.29, 1.82) is 0 Å². The molecule has 0 saturated heterocycles. The van der Waals surface area contributed by atoms with Crippen molar-refractivity contribution in [3.63, 3.8) is 0 Å². The molecule has 1 unspecified atom stereocenters. The van der Waals surface area contributed by atoms with Crippen molar-refractivity contribution in [1.82, 2.24) is 5.32 Å². The number of hydrogen-bond donors (Lipinski definition) is 2. The van der Waals surface area contributed by atoms with Gasteiger partial charge in [0.1, 0.15) is 19.0 Å². The molecule has 0 radical (unpaired) electrons. The molecule has 5 nitrogen and oxygen atoms in total. The van der Waals surface area contributed by atoms with Gasteiger partial charge in [-0.05, 0) is 23.3 Å². The Morgan fingerprint density at radius 1 is 1.12 bits per heavy atom. The van der Waals surface area contributed by atoms with Crippen molar-refractivity contribution >= 4 is 5.78 Å². The molecule has 134 valence electrons. The second-order valence-electron chi connectivity index (χ2n) is 5.77. The third-order valence-electron chi connectivity index (χ3n) is 3.70. The number of ether oxygens (including phenoxy) is 2. The predicted molar refractivity (Wildman–Crippen MR) is 96.8 cm³/mol. The minimum atomic E-state index is -0.523. The summed E-state index contributed by atoms with van der Waals surface area (Å²) < 4.78 is 10.5. The van der Waals surface area contributed by atoms with E-state index in [0.717, 1.165) is 16.9 Å². The van der Waals surface area contributed by atoms with Gasteiger partial charge in [0.25, 0.3) is 0 Å². The number of aliphatic hydroxyl groups excluding tert-OH is 1. The molecule has 5 heteroatoms. The molecule has 2 rings (SSSR count). The number of rotatable bonds is 11. The van der Waals surface area contributed by atoms with Crippen molar-refractivity contribution in [3.05, 3.63) is 65.7 Å². The highest BCUT2D eigenvalue weighted by Gasteiger charge is 2.06. The van der Waals surface area contributed by atoms with Gasteiger partial charge in [-0.1, -0.05) is 42.5 Å². The van der Waals surface area contributed by atoms with Crippen LogP contribution in [0.15, 0.2) is 54.6 Å². The normalized spacial score (nSPS) is 11.9. The number of aliphatic hydroxyl groups is 1. The van der Waals surface area contributed by atoms with E-state index in [-0.39, 0.29) is 12.4 Å². The summed E-state index contributed by atoms with van der Waals surface area (Å²) in [6.45, 7) is 1.76. The van der Waals surface area contributed by atoms with Gasteiger partial charge in [0.15, 0.2) is 5.78 Å². The van der Waals surface area contributed by atoms with Crippen LogP contribution in [0.3, 0.4) is 0 Å². The average Bonchev–Trinajstić information content (AvgIpc) is 2.63. The largest absolute Gasteiger partial charge is 0.492 e. The molecular formula is C20H25NO4. The third kappa shape index (κ3) is 7.05. The maximum Gasteiger partial charge on any atom is 0.162 e. The maximum atomic E-state index is 11.5. The van der Waals surface area contributed by atoms with Crippen LogP contribution in [-0.4, -0.2) is 44.3 Å². The summed E-state index contributed by atoms with van der Waals surface area (Å²) in [4.78, 5) is 11.5. The third-order valence-corrected chi connectivity index (χ3v) is 3.70. The Hall–Kier alpha value is -2.21. The first-order chi connectivity index (χ1) is 12.2. The van der Waals surface area contributed by atoms with E-state index in [4.69, 9.17) is 9.47 Å². The minimum absolute atomic E-state index is 0.0531. The molecule has 0 saturated carbocycles. The summed E-state index contributed by atoms with van der Waals surface area (Å²) >= 11 is 0. The number of Topliss-reactive ketones (excluding diaryl/α,β-unsaturated/α-hetero) is 1. The lowest BCUT2D eigenvalue weighted by Gasteiger charge is -2.12. The van der Waals surface area contributed by atoms with Crippen LogP contribution in [0.1, 0.15) is 17.2 Å². The Balaban J connectivity index is 1.64. The highest BCUT2D eigenvalue weighted by atomic mass is 16.5. The first-order valence-corrected chi connectivity index (χ1v) is 8.35. The second-order valence-corrected chi connectivity index (χ2v) is 5.77. The van der Waals surface area contributed by atoms with Crippen molar-refractivity contribution in [3.8, 4) is 5.75 Å². The fraction of sp³-hybridized carbons (Fsp3) is 0.350. The lowest BCUT2D eigenvalue weighted by molar-refractivity contribution is -0.121. The van der Waals surface area contributed by atoms with Crippen LogP contribution in [0.2, 0.25) is 0 Å². The average molecular weight is 343 g/mol. The number of carbonyl (C=O) groups is 1. The molecule has 1 atom stereocenters. The number of ketones is 1. The van der Waals surface area contributed by atoms with Gasteiger partial charge in [0, 0.05) is 26.6 Å². The van der Waals surface area contributed by atoms with E-state index in [9.17, 15) is 9.90 Å². The van der Waals surface area contributed by atoms with E-state index in [1.165, 1.54) is 7.11 Å². The maximum absolute atomic E-state index is 11.5. The number of carbonyl (C=O) groups excluding carboxylic acids is 1. The van der Waals surface area contributed by atoms with Gasteiger partial charge in [-0.15, -0.1) is 0 Å². The van der Waals surface area contributed by atoms with Crippen molar-refractivity contribution < 1.29 is 19.4 Å². The van der Waals surface area contributed by atoms with Gasteiger partial charge < -0.3 is 19.9 Å². The van der Waals surface area contributed by atoms with Crippen LogP contribution in [0.25, 0.3) is 0 Å². The molecular weight excluding hydrogens is 318 g/mol. The molecule has 0 aliphatic heterocycles. The summed E-state index contributed by atoms with van der Waals surface area (Å²) in [6, 6.07) is 17.0. The Labute approximate surface area is 148 Å². The quantitative estimate of drug-likeness (QED) is 0.612. The molecule has 0 aliphatic carbocycles. The topological polar surface area (TPSA) is 67.8 Å². The minimum Gasteiger partial charge on any atom is -0.492 e. The van der Waals surface area contributed by atoms with Gasteiger partial charge in [0.2, 0.25) is 0 Å². The fourth-order valence-corrected chi connectivity index (χ4v) is 2.42. The zero-order chi connectivity index (χ0) is 17.9. The SMILES string of the molecule is COCC(=O)Cc1ccc(OCCNCC(O)c2ccccc2)cc1. The first kappa shape index (κ1) is 19.1. The Bertz CT molecular complexity index is 628. The smallest absolute Gasteiger partial charge is 0.162 e. The zero-order valence-corrected chi connectivity index (χ0v) is 14.5. The van der Waals surface area contributed by atoms with Crippen LogP contribution in [0, 0.1) is 0 Å². The molecule has 2 aromatic carbocycles. The molecule has 2 N–H and O–H groups in total. The van der Waals surface area contributed by atoms with Gasteiger partial charge in [-0.2, -0.15) is 0 Å². The Morgan fingerprint density at radius 2 is 1.84 bits per heavy atom. The lowest BCUT2D eigenvalue weighted by Crippen LogP contribution is -2.26. The first-order valence-electron chi connectivity index (χ1n) is 8.35. The summed E-state index contributed by atoms with van der Waals surface area (Å²) in [5, 5.41) is 13.2. The van der Waals surface area contributed by atoms with Crippen LogP contribution in [0.4, 0.5) is 0 Å².